The maximum atomic E-state index is 13.1. The number of nitrogens with zero attached hydrogens (tertiary/aromatic N) is 1. The first-order chi connectivity index (χ1) is 12.1. The topological polar surface area (TPSA) is 79.6 Å². The maximum Gasteiger partial charge on any atom is 0.243 e. The Labute approximate surface area is 155 Å². The number of hydrogen-bond acceptors (Lipinski definition) is 4. The van der Waals surface area contributed by atoms with Gasteiger partial charge in [-0.15, -0.1) is 0 Å². The second-order valence-electron chi connectivity index (χ2n) is 6.57. The molecule has 1 N–H and O–H groups in total. The van der Waals surface area contributed by atoms with Crippen LogP contribution in [0.1, 0.15) is 33.6 Å². The number of benzene rings is 1. The summed E-state index contributed by atoms with van der Waals surface area (Å²) in [5.74, 6) is 0.226. The van der Waals surface area contributed by atoms with Gasteiger partial charge in [-0.2, -0.15) is 4.31 Å². The normalized spacial score (nSPS) is 11.8. The molecule has 26 heavy (non-hydrogen) atoms. The Kier molecular flexibility index (Phi) is 5.93. The van der Waals surface area contributed by atoms with E-state index in [1.165, 1.54) is 13.3 Å². The second kappa shape index (κ2) is 7.63. The molecular formula is C19H26N2O4S. The third kappa shape index (κ3) is 3.83. The molecule has 0 radical (unpaired) electrons. The van der Waals surface area contributed by atoms with Crippen LogP contribution in [-0.2, 0) is 21.4 Å². The number of likely N-dealkylation sites (N-methyl/N-ethyl adjacent to an activating group) is 1. The number of carbonyl (C=O) groups is 1. The van der Waals surface area contributed by atoms with Crippen LogP contribution in [0.25, 0.3) is 0 Å². The summed E-state index contributed by atoms with van der Waals surface area (Å²) in [7, 11) is -2.36. The minimum Gasteiger partial charge on any atom is -0.467 e. The van der Waals surface area contributed by atoms with E-state index in [1.807, 2.05) is 34.6 Å². The highest BCUT2D eigenvalue weighted by atomic mass is 32.2. The van der Waals surface area contributed by atoms with Crippen molar-refractivity contribution in [3.63, 3.8) is 0 Å². The van der Waals surface area contributed by atoms with E-state index in [0.29, 0.717) is 10.7 Å². The van der Waals surface area contributed by atoms with E-state index < -0.39 is 10.0 Å². The van der Waals surface area contributed by atoms with E-state index in [0.717, 1.165) is 32.1 Å². The Morgan fingerprint density at radius 1 is 1.04 bits per heavy atom. The molecule has 6 nitrogen and oxygen atoms in total. The third-order valence-electron chi connectivity index (χ3n) is 5.01. The lowest BCUT2D eigenvalue weighted by Crippen LogP contribution is -2.38. The minimum absolute atomic E-state index is 0.223. The Morgan fingerprint density at radius 3 is 2.08 bits per heavy atom. The Hall–Kier alpha value is -2.12. The van der Waals surface area contributed by atoms with Crippen molar-refractivity contribution >= 4 is 15.9 Å². The molecule has 2 rings (SSSR count). The quantitative estimate of drug-likeness (QED) is 0.838. The summed E-state index contributed by atoms with van der Waals surface area (Å²) in [4.78, 5) is 12.4. The maximum absolute atomic E-state index is 13.1. The Balaban J connectivity index is 2.23. The van der Waals surface area contributed by atoms with Crippen LogP contribution in [0.15, 0.2) is 27.7 Å². The fourth-order valence-corrected chi connectivity index (χ4v) is 4.63. The zero-order valence-corrected chi connectivity index (χ0v) is 17.0. The highest BCUT2D eigenvalue weighted by Crippen LogP contribution is 2.31. The van der Waals surface area contributed by atoms with E-state index in [2.05, 4.69) is 5.32 Å². The first-order valence-corrected chi connectivity index (χ1v) is 9.83. The van der Waals surface area contributed by atoms with Crippen LogP contribution in [0, 0.1) is 34.6 Å². The smallest absolute Gasteiger partial charge is 0.243 e. The lowest BCUT2D eigenvalue weighted by molar-refractivity contribution is -0.121. The van der Waals surface area contributed by atoms with Gasteiger partial charge < -0.3 is 9.73 Å². The molecule has 0 aliphatic rings. The Morgan fingerprint density at radius 2 is 1.58 bits per heavy atom. The molecule has 1 heterocycles. The average Bonchev–Trinajstić information content (AvgIpc) is 3.09. The lowest BCUT2D eigenvalue weighted by atomic mass is 9.95. The first kappa shape index (κ1) is 20.2. The number of nitrogens with one attached hydrogen (secondary N) is 1. The monoisotopic (exact) mass is 378 g/mol. The Bertz CT molecular complexity index is 887. The number of sulfonamides is 1. The molecule has 7 heteroatoms. The van der Waals surface area contributed by atoms with Gasteiger partial charge in [0, 0.05) is 7.05 Å². The molecule has 142 valence electrons. The van der Waals surface area contributed by atoms with Crippen molar-refractivity contribution in [2.75, 3.05) is 13.6 Å². The molecule has 0 saturated carbocycles. The van der Waals surface area contributed by atoms with Crippen molar-refractivity contribution in [3.8, 4) is 0 Å². The van der Waals surface area contributed by atoms with Gasteiger partial charge in [0.05, 0.1) is 24.2 Å². The van der Waals surface area contributed by atoms with Gasteiger partial charge in [0.1, 0.15) is 5.76 Å². The highest BCUT2D eigenvalue weighted by Gasteiger charge is 2.28. The standard InChI is InChI=1S/C19H26N2O4S/c1-12-13(2)15(4)19(16(5)14(12)3)26(23,24)21(6)11-18(22)20-10-17-8-7-9-25-17/h7-9H,10-11H2,1-6H3,(H,20,22). The molecule has 0 atom stereocenters. The van der Waals surface area contributed by atoms with Crippen LogP contribution in [-0.4, -0.2) is 32.2 Å². The number of carbonyl (C=O) groups excluding carboxylic acids is 1. The average molecular weight is 378 g/mol. The molecule has 0 fully saturated rings. The van der Waals surface area contributed by atoms with Gasteiger partial charge in [0.15, 0.2) is 0 Å². The van der Waals surface area contributed by atoms with E-state index in [1.54, 1.807) is 12.1 Å². The van der Waals surface area contributed by atoms with Crippen LogP contribution in [0.3, 0.4) is 0 Å². The fourth-order valence-electron chi connectivity index (χ4n) is 2.95. The molecule has 1 amide bonds. The SMILES string of the molecule is Cc1c(C)c(C)c(S(=O)(=O)N(C)CC(=O)NCc2ccco2)c(C)c1C. The number of hydrogen-bond donors (Lipinski definition) is 1. The summed E-state index contributed by atoms with van der Waals surface area (Å²) in [5, 5.41) is 2.66. The van der Waals surface area contributed by atoms with Crippen molar-refractivity contribution in [3.05, 3.63) is 52.0 Å². The van der Waals surface area contributed by atoms with Crippen molar-refractivity contribution in [2.24, 2.45) is 0 Å². The van der Waals surface area contributed by atoms with E-state index in [4.69, 9.17) is 4.42 Å². The van der Waals surface area contributed by atoms with Gasteiger partial charge >= 0.3 is 0 Å². The van der Waals surface area contributed by atoms with E-state index >= 15 is 0 Å². The summed E-state index contributed by atoms with van der Waals surface area (Å²) >= 11 is 0. The number of furan rings is 1. The molecule has 0 aliphatic carbocycles. The minimum atomic E-state index is -3.78. The van der Waals surface area contributed by atoms with Crippen LogP contribution in [0.4, 0.5) is 0 Å². The van der Waals surface area contributed by atoms with Crippen LogP contribution in [0.5, 0.6) is 0 Å². The molecule has 0 aliphatic heterocycles. The van der Waals surface area contributed by atoms with Crippen molar-refractivity contribution < 1.29 is 17.6 Å². The first-order valence-electron chi connectivity index (χ1n) is 8.39. The largest absolute Gasteiger partial charge is 0.467 e. The van der Waals surface area contributed by atoms with E-state index in [9.17, 15) is 13.2 Å². The second-order valence-corrected chi connectivity index (χ2v) is 8.55. The van der Waals surface area contributed by atoms with Crippen LogP contribution in [0.2, 0.25) is 0 Å². The zero-order valence-electron chi connectivity index (χ0n) is 16.1. The van der Waals surface area contributed by atoms with E-state index in [-0.39, 0.29) is 19.0 Å². The molecule has 0 bridgehead atoms. The molecule has 0 spiro atoms. The number of amides is 1. The molecule has 2 aromatic rings. The van der Waals surface area contributed by atoms with Crippen molar-refractivity contribution in [1.29, 1.82) is 0 Å². The van der Waals surface area contributed by atoms with Crippen molar-refractivity contribution in [1.82, 2.24) is 9.62 Å². The number of rotatable bonds is 6. The third-order valence-corrected chi connectivity index (χ3v) is 7.08. The summed E-state index contributed by atoms with van der Waals surface area (Å²) < 4.78 is 32.4. The zero-order chi connectivity index (χ0) is 19.6. The van der Waals surface area contributed by atoms with Gasteiger partial charge in [-0.3, -0.25) is 4.79 Å². The fraction of sp³-hybridized carbons (Fsp3) is 0.421. The lowest BCUT2D eigenvalue weighted by Gasteiger charge is -2.23. The molecule has 1 aromatic heterocycles. The highest BCUT2D eigenvalue weighted by molar-refractivity contribution is 7.89. The predicted molar refractivity (Wildman–Crippen MR) is 100 cm³/mol. The van der Waals surface area contributed by atoms with Crippen LogP contribution >= 0.6 is 0 Å². The summed E-state index contributed by atoms with van der Waals surface area (Å²) in [6, 6.07) is 3.47. The molecule has 0 saturated heterocycles. The van der Waals surface area contributed by atoms with Gasteiger partial charge in [-0.25, -0.2) is 8.42 Å². The van der Waals surface area contributed by atoms with Gasteiger partial charge in [-0.1, -0.05) is 0 Å². The van der Waals surface area contributed by atoms with Gasteiger partial charge in [-0.05, 0) is 74.6 Å². The summed E-state index contributed by atoms with van der Waals surface area (Å²) in [6.45, 7) is 9.43. The molecule has 1 aromatic carbocycles. The van der Waals surface area contributed by atoms with Gasteiger partial charge in [0.2, 0.25) is 15.9 Å². The van der Waals surface area contributed by atoms with Crippen molar-refractivity contribution in [2.45, 2.75) is 46.1 Å². The van der Waals surface area contributed by atoms with Crippen LogP contribution < -0.4 is 5.32 Å². The summed E-state index contributed by atoms with van der Waals surface area (Å²) in [5.41, 5.74) is 4.48. The molecule has 0 unspecified atom stereocenters. The van der Waals surface area contributed by atoms with Gasteiger partial charge in [0.25, 0.3) is 0 Å². The summed E-state index contributed by atoms with van der Waals surface area (Å²) in [6.07, 6.45) is 1.52. The predicted octanol–water partition coefficient (Wildman–Crippen LogP) is 2.76. The molecular weight excluding hydrogens is 352 g/mol.